The van der Waals surface area contributed by atoms with Gasteiger partial charge in [-0.25, -0.2) is 0 Å². The van der Waals surface area contributed by atoms with Gasteiger partial charge in [-0.15, -0.1) is 0 Å². The van der Waals surface area contributed by atoms with Crippen molar-refractivity contribution >= 4 is 21.6 Å². The van der Waals surface area contributed by atoms with Gasteiger partial charge in [-0.1, -0.05) is 6.07 Å². The molecule has 0 aliphatic heterocycles. The molecule has 2 aromatic rings. The Morgan fingerprint density at radius 3 is 2.90 bits per heavy atom. The van der Waals surface area contributed by atoms with Crippen LogP contribution in [-0.4, -0.2) is 14.7 Å². The first-order valence-corrected chi connectivity index (χ1v) is 6.91. The van der Waals surface area contributed by atoms with E-state index in [0.717, 1.165) is 22.4 Å². The number of benzene rings is 1. The first-order chi connectivity index (χ1) is 9.52. The molecule has 0 bridgehead atoms. The summed E-state index contributed by atoms with van der Waals surface area (Å²) in [5.74, 6) is 0.465. The summed E-state index contributed by atoms with van der Waals surface area (Å²) >= 11 is 3.48. The maximum absolute atomic E-state index is 10.7. The van der Waals surface area contributed by atoms with Crippen molar-refractivity contribution in [3.8, 4) is 5.75 Å². The highest BCUT2D eigenvalue weighted by atomic mass is 79.9. The highest BCUT2D eigenvalue weighted by Crippen LogP contribution is 2.24. The largest absolute Gasteiger partial charge is 0.487 e. The van der Waals surface area contributed by atoms with Crippen LogP contribution >= 0.6 is 15.9 Å². The van der Waals surface area contributed by atoms with Crippen LogP contribution in [0, 0.1) is 17.0 Å². The van der Waals surface area contributed by atoms with E-state index in [1.54, 1.807) is 12.1 Å². The summed E-state index contributed by atoms with van der Waals surface area (Å²) in [6, 6.07) is 6.14. The minimum absolute atomic E-state index is 0.0155. The van der Waals surface area contributed by atoms with Crippen molar-refractivity contribution in [2.24, 2.45) is 0 Å². The van der Waals surface area contributed by atoms with E-state index in [9.17, 15) is 10.1 Å². The van der Waals surface area contributed by atoms with Crippen LogP contribution in [0.4, 0.5) is 5.69 Å². The van der Waals surface area contributed by atoms with E-state index in [1.165, 1.54) is 12.1 Å². The minimum Gasteiger partial charge on any atom is -0.487 e. The lowest BCUT2D eigenvalue weighted by Crippen LogP contribution is -2.06. The molecule has 0 aliphatic rings. The summed E-state index contributed by atoms with van der Waals surface area (Å²) in [7, 11) is 0. The molecule has 0 atom stereocenters. The molecule has 0 unspecified atom stereocenters. The van der Waals surface area contributed by atoms with Gasteiger partial charge in [-0.3, -0.25) is 14.8 Å². The fourth-order valence-corrected chi connectivity index (χ4v) is 2.24. The number of nitro groups is 1. The summed E-state index contributed by atoms with van der Waals surface area (Å²) < 4.78 is 8.38. The molecular formula is C13H14BrN3O3. The van der Waals surface area contributed by atoms with Gasteiger partial charge in [0.1, 0.15) is 12.4 Å². The van der Waals surface area contributed by atoms with Crippen molar-refractivity contribution < 1.29 is 9.66 Å². The van der Waals surface area contributed by atoms with Crippen molar-refractivity contribution in [2.75, 3.05) is 0 Å². The summed E-state index contributed by atoms with van der Waals surface area (Å²) in [5.41, 5.74) is 1.82. The number of hydrogen-bond donors (Lipinski definition) is 0. The predicted octanol–water partition coefficient (Wildman–Crippen LogP) is 3.46. The average Bonchev–Trinajstić information content (AvgIpc) is 2.72. The summed E-state index contributed by atoms with van der Waals surface area (Å²) in [4.78, 5) is 10.3. The molecular weight excluding hydrogens is 326 g/mol. The maximum atomic E-state index is 10.7. The second kappa shape index (κ2) is 6.04. The van der Waals surface area contributed by atoms with E-state index >= 15 is 0 Å². The number of nitro benzene ring substituents is 1. The lowest BCUT2D eigenvalue weighted by molar-refractivity contribution is -0.384. The predicted molar refractivity (Wildman–Crippen MR) is 77.8 cm³/mol. The zero-order valence-corrected chi connectivity index (χ0v) is 12.8. The van der Waals surface area contributed by atoms with Gasteiger partial charge in [-0.2, -0.15) is 5.10 Å². The first-order valence-electron chi connectivity index (χ1n) is 6.12. The molecule has 2 rings (SSSR count). The molecule has 0 saturated heterocycles. The number of nitrogens with zero attached hydrogens (tertiary/aromatic N) is 3. The molecule has 106 valence electrons. The summed E-state index contributed by atoms with van der Waals surface area (Å²) in [5, 5.41) is 15.1. The highest BCUT2D eigenvalue weighted by molar-refractivity contribution is 9.10. The van der Waals surface area contributed by atoms with Crippen LogP contribution in [0.15, 0.2) is 28.7 Å². The van der Waals surface area contributed by atoms with Crippen LogP contribution in [0.5, 0.6) is 5.75 Å². The Morgan fingerprint density at radius 1 is 1.50 bits per heavy atom. The van der Waals surface area contributed by atoms with Crippen LogP contribution in [-0.2, 0) is 13.2 Å². The van der Waals surface area contributed by atoms with E-state index < -0.39 is 4.92 Å². The molecule has 0 fully saturated rings. The second-order valence-corrected chi connectivity index (χ2v) is 5.00. The molecule has 1 aromatic heterocycles. The zero-order valence-electron chi connectivity index (χ0n) is 11.2. The topological polar surface area (TPSA) is 70.2 Å². The van der Waals surface area contributed by atoms with Crippen LogP contribution in [0.25, 0.3) is 0 Å². The van der Waals surface area contributed by atoms with Gasteiger partial charge < -0.3 is 4.74 Å². The van der Waals surface area contributed by atoms with Gasteiger partial charge >= 0.3 is 0 Å². The van der Waals surface area contributed by atoms with Crippen LogP contribution in [0.2, 0.25) is 0 Å². The van der Waals surface area contributed by atoms with Gasteiger partial charge in [-0.05, 0) is 35.8 Å². The summed E-state index contributed by atoms with van der Waals surface area (Å²) in [6.07, 6.45) is 0. The Labute approximate surface area is 124 Å². The lowest BCUT2D eigenvalue weighted by atomic mass is 10.3. The van der Waals surface area contributed by atoms with Crippen molar-refractivity contribution in [3.05, 3.63) is 50.2 Å². The average molecular weight is 340 g/mol. The SMILES string of the molecule is CCn1nc(C)c(Br)c1COc1cccc([N+](=O)[O-])c1. The number of aryl methyl sites for hydroxylation is 2. The van der Waals surface area contributed by atoms with Crippen molar-refractivity contribution in [2.45, 2.75) is 27.0 Å². The van der Waals surface area contributed by atoms with Crippen LogP contribution in [0.1, 0.15) is 18.3 Å². The molecule has 1 aromatic carbocycles. The molecule has 0 saturated carbocycles. The Hall–Kier alpha value is -1.89. The molecule has 20 heavy (non-hydrogen) atoms. The number of aromatic nitrogens is 2. The third-order valence-corrected chi connectivity index (χ3v) is 3.89. The number of halogens is 1. The van der Waals surface area contributed by atoms with E-state index in [-0.39, 0.29) is 5.69 Å². The smallest absolute Gasteiger partial charge is 0.273 e. The Balaban J connectivity index is 2.16. The number of rotatable bonds is 5. The number of ether oxygens (including phenoxy) is 1. The van der Waals surface area contributed by atoms with Crippen molar-refractivity contribution in [1.82, 2.24) is 9.78 Å². The monoisotopic (exact) mass is 339 g/mol. The second-order valence-electron chi connectivity index (χ2n) is 4.20. The molecule has 7 heteroatoms. The Morgan fingerprint density at radius 2 is 2.25 bits per heavy atom. The molecule has 0 N–H and O–H groups in total. The third kappa shape index (κ3) is 2.98. The van der Waals surface area contributed by atoms with Gasteiger partial charge in [0.15, 0.2) is 0 Å². The highest BCUT2D eigenvalue weighted by Gasteiger charge is 2.13. The molecule has 1 heterocycles. The summed E-state index contributed by atoms with van der Waals surface area (Å²) in [6.45, 7) is 4.94. The van der Waals surface area contributed by atoms with E-state index in [4.69, 9.17) is 4.74 Å². The fourth-order valence-electron chi connectivity index (χ4n) is 1.85. The van der Waals surface area contributed by atoms with Gasteiger partial charge in [0.2, 0.25) is 0 Å². The van der Waals surface area contributed by atoms with Crippen LogP contribution < -0.4 is 4.74 Å². The van der Waals surface area contributed by atoms with Crippen molar-refractivity contribution in [1.29, 1.82) is 0 Å². The van der Waals surface area contributed by atoms with Crippen molar-refractivity contribution in [3.63, 3.8) is 0 Å². The molecule has 0 aliphatic carbocycles. The quantitative estimate of drug-likeness (QED) is 0.617. The third-order valence-electron chi connectivity index (χ3n) is 2.86. The standard InChI is InChI=1S/C13H14BrN3O3/c1-3-16-12(13(14)9(2)15-16)8-20-11-6-4-5-10(7-11)17(18)19/h4-7H,3,8H2,1-2H3. The van der Waals surface area contributed by atoms with Gasteiger partial charge in [0, 0.05) is 12.6 Å². The number of non-ortho nitro benzene ring substituents is 1. The lowest BCUT2D eigenvalue weighted by Gasteiger charge is -2.08. The molecule has 0 radical (unpaired) electrons. The normalized spacial score (nSPS) is 10.6. The van der Waals surface area contributed by atoms with Gasteiger partial charge in [0.05, 0.1) is 26.9 Å². The van der Waals surface area contributed by atoms with E-state index in [0.29, 0.717) is 12.4 Å². The first kappa shape index (κ1) is 14.5. The Kier molecular flexibility index (Phi) is 4.39. The molecule has 0 spiro atoms. The van der Waals surface area contributed by atoms with Crippen LogP contribution in [0.3, 0.4) is 0 Å². The molecule has 6 nitrogen and oxygen atoms in total. The Bertz CT molecular complexity index is 640. The maximum Gasteiger partial charge on any atom is 0.273 e. The molecule has 0 amide bonds. The number of hydrogen-bond acceptors (Lipinski definition) is 4. The van der Waals surface area contributed by atoms with Gasteiger partial charge in [0.25, 0.3) is 5.69 Å². The zero-order chi connectivity index (χ0) is 14.7. The fraction of sp³-hybridized carbons (Fsp3) is 0.308. The van der Waals surface area contributed by atoms with E-state index in [1.807, 2.05) is 18.5 Å². The van der Waals surface area contributed by atoms with E-state index in [2.05, 4.69) is 21.0 Å². The minimum atomic E-state index is -0.441.